The minimum atomic E-state index is 0.425. The molecule has 0 radical (unpaired) electrons. The minimum Gasteiger partial charge on any atom is -0.300 e. The Labute approximate surface area is 146 Å². The summed E-state index contributed by atoms with van der Waals surface area (Å²) in [6, 6.07) is 17.8. The van der Waals surface area contributed by atoms with E-state index >= 15 is 0 Å². The van der Waals surface area contributed by atoms with E-state index in [2.05, 4.69) is 55.5 Å². The van der Waals surface area contributed by atoms with Gasteiger partial charge in [0.05, 0.1) is 0 Å². The molecule has 1 unspecified atom stereocenters. The summed E-state index contributed by atoms with van der Waals surface area (Å²) in [5, 5.41) is 0. The monoisotopic (exact) mass is 320 g/mol. The van der Waals surface area contributed by atoms with E-state index in [-0.39, 0.29) is 0 Å². The minimum absolute atomic E-state index is 0.425. The van der Waals surface area contributed by atoms with E-state index in [4.69, 9.17) is 0 Å². The molecular formula is C23H28O. The van der Waals surface area contributed by atoms with Gasteiger partial charge in [-0.3, -0.25) is 4.79 Å². The van der Waals surface area contributed by atoms with E-state index in [0.717, 1.165) is 25.7 Å². The zero-order chi connectivity index (χ0) is 16.8. The molecule has 1 saturated carbocycles. The predicted molar refractivity (Wildman–Crippen MR) is 101 cm³/mol. The second kappa shape index (κ2) is 8.28. The average molecular weight is 320 g/mol. The second-order valence-electron chi connectivity index (χ2n) is 7.11. The lowest BCUT2D eigenvalue weighted by atomic mass is 9.83. The summed E-state index contributed by atoms with van der Waals surface area (Å²) in [7, 11) is 0. The number of ketones is 1. The first kappa shape index (κ1) is 17.0. The molecule has 1 aliphatic carbocycles. The molecule has 0 heterocycles. The first-order chi connectivity index (χ1) is 11.8. The molecule has 1 fully saturated rings. The first-order valence-corrected chi connectivity index (χ1v) is 9.47. The van der Waals surface area contributed by atoms with Crippen molar-refractivity contribution < 1.29 is 4.79 Å². The topological polar surface area (TPSA) is 17.1 Å². The number of benzene rings is 2. The van der Waals surface area contributed by atoms with Gasteiger partial charge in [0, 0.05) is 12.8 Å². The number of Topliss-reactive ketones (excluding diaryl/α,β-unsaturated/α-hetero) is 1. The second-order valence-corrected chi connectivity index (χ2v) is 7.11. The molecule has 126 valence electrons. The molecule has 3 rings (SSSR count). The zero-order valence-corrected chi connectivity index (χ0v) is 14.8. The smallest absolute Gasteiger partial charge is 0.133 e. The van der Waals surface area contributed by atoms with E-state index in [1.807, 2.05) is 0 Å². The van der Waals surface area contributed by atoms with E-state index in [1.54, 1.807) is 0 Å². The van der Waals surface area contributed by atoms with Crippen molar-refractivity contribution in [1.82, 2.24) is 0 Å². The Morgan fingerprint density at radius 1 is 0.917 bits per heavy atom. The van der Waals surface area contributed by atoms with E-state index in [1.165, 1.54) is 47.9 Å². The number of aryl methyl sites for hydroxylation is 1. The van der Waals surface area contributed by atoms with Crippen LogP contribution < -0.4 is 0 Å². The van der Waals surface area contributed by atoms with Crippen molar-refractivity contribution in [2.24, 2.45) is 0 Å². The molecule has 1 nitrogen and oxygen atoms in total. The maximum atomic E-state index is 11.7. The Kier molecular flexibility index (Phi) is 5.85. The molecule has 1 aliphatic rings. The maximum Gasteiger partial charge on any atom is 0.133 e. The maximum absolute atomic E-state index is 11.7. The zero-order valence-electron chi connectivity index (χ0n) is 14.8. The molecule has 0 N–H and O–H groups in total. The predicted octanol–water partition coefficient (Wildman–Crippen LogP) is 6.31. The third kappa shape index (κ3) is 4.35. The van der Waals surface area contributed by atoms with Crippen LogP contribution in [0.15, 0.2) is 48.5 Å². The molecule has 1 heteroatoms. The summed E-state index contributed by atoms with van der Waals surface area (Å²) in [5.74, 6) is 0.857. The van der Waals surface area contributed by atoms with E-state index < -0.39 is 0 Å². The van der Waals surface area contributed by atoms with Gasteiger partial charge in [-0.15, -0.1) is 0 Å². The highest BCUT2D eigenvalue weighted by Crippen LogP contribution is 2.32. The van der Waals surface area contributed by atoms with Gasteiger partial charge in [0.15, 0.2) is 0 Å². The lowest BCUT2D eigenvalue weighted by molar-refractivity contribution is -0.120. The Hall–Kier alpha value is -1.89. The van der Waals surface area contributed by atoms with Crippen LogP contribution in [0.2, 0.25) is 0 Å². The van der Waals surface area contributed by atoms with Crippen molar-refractivity contribution in [3.8, 4) is 11.1 Å². The van der Waals surface area contributed by atoms with Crippen LogP contribution in [-0.2, 0) is 11.2 Å². The van der Waals surface area contributed by atoms with Crippen molar-refractivity contribution in [1.29, 1.82) is 0 Å². The van der Waals surface area contributed by atoms with Crippen molar-refractivity contribution >= 4 is 5.78 Å². The van der Waals surface area contributed by atoms with Gasteiger partial charge < -0.3 is 0 Å². The largest absolute Gasteiger partial charge is 0.300 e. The summed E-state index contributed by atoms with van der Waals surface area (Å²) < 4.78 is 0. The van der Waals surface area contributed by atoms with E-state index in [9.17, 15) is 4.79 Å². The van der Waals surface area contributed by atoms with Gasteiger partial charge in [0.25, 0.3) is 0 Å². The molecule has 2 aromatic carbocycles. The number of carbonyl (C=O) groups is 1. The van der Waals surface area contributed by atoms with Gasteiger partial charge in [-0.05, 0) is 53.9 Å². The van der Waals surface area contributed by atoms with Crippen LogP contribution in [0.3, 0.4) is 0 Å². The lowest BCUT2D eigenvalue weighted by Gasteiger charge is -2.21. The molecule has 0 amide bonds. The Morgan fingerprint density at radius 3 is 2.21 bits per heavy atom. The van der Waals surface area contributed by atoms with E-state index in [0.29, 0.717) is 11.7 Å². The number of hydrogen-bond donors (Lipinski definition) is 0. The van der Waals surface area contributed by atoms with Crippen molar-refractivity contribution in [3.63, 3.8) is 0 Å². The van der Waals surface area contributed by atoms with Gasteiger partial charge in [-0.1, -0.05) is 68.3 Å². The molecule has 0 aliphatic heterocycles. The van der Waals surface area contributed by atoms with Crippen molar-refractivity contribution in [3.05, 3.63) is 59.7 Å². The number of rotatable bonds is 6. The first-order valence-electron chi connectivity index (χ1n) is 9.47. The normalized spacial score (nSPS) is 17.9. The molecule has 0 aromatic heterocycles. The Balaban J connectivity index is 1.65. The van der Waals surface area contributed by atoms with Gasteiger partial charge in [-0.2, -0.15) is 0 Å². The van der Waals surface area contributed by atoms with Crippen LogP contribution in [0.4, 0.5) is 0 Å². The SMILES string of the molecule is CCCCCc1ccc(-c2ccc(C3CCCC(=O)C3)cc2)cc1. The molecular weight excluding hydrogens is 292 g/mol. The van der Waals surface area contributed by atoms with Crippen LogP contribution in [0.5, 0.6) is 0 Å². The number of unbranched alkanes of at least 4 members (excludes halogenated alkanes) is 2. The van der Waals surface area contributed by atoms with Gasteiger partial charge in [0.1, 0.15) is 5.78 Å². The third-order valence-corrected chi connectivity index (χ3v) is 5.22. The van der Waals surface area contributed by atoms with Crippen LogP contribution in [0, 0.1) is 0 Å². The quantitative estimate of drug-likeness (QED) is 0.570. The van der Waals surface area contributed by atoms with Crippen LogP contribution >= 0.6 is 0 Å². The summed E-state index contributed by atoms with van der Waals surface area (Å²) >= 11 is 0. The Morgan fingerprint density at radius 2 is 1.58 bits per heavy atom. The molecule has 2 aromatic rings. The number of carbonyl (C=O) groups excluding carboxylic acids is 1. The van der Waals surface area contributed by atoms with Crippen molar-refractivity contribution in [2.45, 2.75) is 64.2 Å². The van der Waals surface area contributed by atoms with Gasteiger partial charge in [-0.25, -0.2) is 0 Å². The summed E-state index contributed by atoms with van der Waals surface area (Å²) in [5.41, 5.74) is 5.30. The molecule has 0 spiro atoms. The fourth-order valence-corrected chi connectivity index (χ4v) is 3.70. The third-order valence-electron chi connectivity index (χ3n) is 5.22. The Bertz CT molecular complexity index is 651. The summed E-state index contributed by atoms with van der Waals surface area (Å²) in [6.45, 7) is 2.25. The highest BCUT2D eigenvalue weighted by atomic mass is 16.1. The number of hydrogen-bond acceptors (Lipinski definition) is 1. The standard InChI is InChI=1S/C23H28O/c1-2-3-4-6-18-9-11-19(12-10-18)20-13-15-21(16-14-20)22-7-5-8-23(24)17-22/h9-16,22H,2-8,17H2,1H3. The lowest BCUT2D eigenvalue weighted by Crippen LogP contribution is -2.13. The van der Waals surface area contributed by atoms with Crippen LogP contribution in [0.25, 0.3) is 11.1 Å². The highest BCUT2D eigenvalue weighted by Gasteiger charge is 2.20. The molecule has 0 saturated heterocycles. The summed E-state index contributed by atoms with van der Waals surface area (Å²) in [6.07, 6.45) is 8.75. The molecule has 24 heavy (non-hydrogen) atoms. The van der Waals surface area contributed by atoms with Crippen molar-refractivity contribution in [2.75, 3.05) is 0 Å². The van der Waals surface area contributed by atoms with Crippen LogP contribution in [0.1, 0.15) is 68.9 Å². The highest BCUT2D eigenvalue weighted by molar-refractivity contribution is 5.80. The fourth-order valence-electron chi connectivity index (χ4n) is 3.70. The summed E-state index contributed by atoms with van der Waals surface area (Å²) in [4.78, 5) is 11.7. The van der Waals surface area contributed by atoms with Gasteiger partial charge in [0.2, 0.25) is 0 Å². The van der Waals surface area contributed by atoms with Gasteiger partial charge >= 0.3 is 0 Å². The molecule has 1 atom stereocenters. The molecule has 0 bridgehead atoms. The average Bonchev–Trinajstić information content (AvgIpc) is 2.63. The fraction of sp³-hybridized carbons (Fsp3) is 0.435. The van der Waals surface area contributed by atoms with Crippen LogP contribution in [-0.4, -0.2) is 5.78 Å².